The summed E-state index contributed by atoms with van der Waals surface area (Å²) in [6.45, 7) is 0.380. The number of nitrogen functional groups attached to an aromatic ring is 1. The number of nitrogens with zero attached hydrogens (tertiary/aromatic N) is 2. The van der Waals surface area contributed by atoms with E-state index in [1.165, 1.54) is 4.31 Å². The molecular formula is C15H18N4O3S. The Morgan fingerprint density at radius 2 is 1.87 bits per heavy atom. The lowest BCUT2D eigenvalue weighted by atomic mass is 10.1. The standard InChI is InChI=1S/C15H18N4O3S/c1-23(21,22)19(11-14-4-2-3-9-17-14)10-12-5-7-13(8-6-12)15(20)18-16/h2-9H,10-11,16H2,1H3,(H,18,20). The summed E-state index contributed by atoms with van der Waals surface area (Å²) in [5.41, 5.74) is 3.88. The van der Waals surface area contributed by atoms with Crippen LogP contribution in [0.5, 0.6) is 0 Å². The molecule has 8 heteroatoms. The fourth-order valence-electron chi connectivity index (χ4n) is 2.01. The van der Waals surface area contributed by atoms with E-state index >= 15 is 0 Å². The van der Waals surface area contributed by atoms with Crippen LogP contribution in [0, 0.1) is 0 Å². The van der Waals surface area contributed by atoms with Gasteiger partial charge in [0.25, 0.3) is 5.91 Å². The van der Waals surface area contributed by atoms with Crippen LogP contribution >= 0.6 is 0 Å². The minimum absolute atomic E-state index is 0.185. The summed E-state index contributed by atoms with van der Waals surface area (Å²) in [5.74, 6) is 4.67. The molecule has 0 aliphatic heterocycles. The van der Waals surface area contributed by atoms with E-state index in [1.54, 1.807) is 42.6 Å². The normalized spacial score (nSPS) is 11.4. The summed E-state index contributed by atoms with van der Waals surface area (Å²) < 4.78 is 25.3. The van der Waals surface area contributed by atoms with Gasteiger partial charge in [0.15, 0.2) is 0 Å². The van der Waals surface area contributed by atoms with Crippen molar-refractivity contribution < 1.29 is 13.2 Å². The molecule has 0 spiro atoms. The molecule has 0 bridgehead atoms. The quantitative estimate of drug-likeness (QED) is 0.458. The summed E-state index contributed by atoms with van der Waals surface area (Å²) in [6, 6.07) is 11.9. The molecule has 122 valence electrons. The van der Waals surface area contributed by atoms with Gasteiger partial charge in [0.1, 0.15) is 0 Å². The van der Waals surface area contributed by atoms with Gasteiger partial charge in [0, 0.05) is 18.3 Å². The number of hydrazine groups is 1. The number of pyridine rings is 1. The van der Waals surface area contributed by atoms with Crippen molar-refractivity contribution in [3.05, 3.63) is 65.5 Å². The zero-order chi connectivity index (χ0) is 16.9. The Morgan fingerprint density at radius 3 is 2.39 bits per heavy atom. The molecule has 0 saturated heterocycles. The van der Waals surface area contributed by atoms with Gasteiger partial charge >= 0.3 is 0 Å². The van der Waals surface area contributed by atoms with Crippen molar-refractivity contribution in [2.24, 2.45) is 5.84 Å². The Balaban J connectivity index is 2.17. The van der Waals surface area contributed by atoms with Crippen molar-refractivity contribution in [1.29, 1.82) is 0 Å². The van der Waals surface area contributed by atoms with Crippen LogP contribution in [0.2, 0.25) is 0 Å². The van der Waals surface area contributed by atoms with Gasteiger partial charge in [-0.05, 0) is 29.8 Å². The molecule has 1 aromatic heterocycles. The van der Waals surface area contributed by atoms with Crippen LogP contribution < -0.4 is 11.3 Å². The van der Waals surface area contributed by atoms with Gasteiger partial charge in [-0.25, -0.2) is 14.3 Å². The zero-order valence-electron chi connectivity index (χ0n) is 12.6. The third-order valence-electron chi connectivity index (χ3n) is 3.24. The van der Waals surface area contributed by atoms with Gasteiger partial charge in [-0.15, -0.1) is 0 Å². The highest BCUT2D eigenvalue weighted by atomic mass is 32.2. The second-order valence-corrected chi connectivity index (χ2v) is 7.00. The lowest BCUT2D eigenvalue weighted by Gasteiger charge is -2.19. The van der Waals surface area contributed by atoms with Crippen molar-refractivity contribution in [2.75, 3.05) is 6.26 Å². The number of nitrogens with one attached hydrogen (secondary N) is 1. The summed E-state index contributed by atoms with van der Waals surface area (Å²) in [5, 5.41) is 0. The molecule has 2 aromatic rings. The first-order chi connectivity index (χ1) is 10.9. The highest BCUT2D eigenvalue weighted by Crippen LogP contribution is 2.13. The molecule has 1 amide bonds. The number of carbonyl (C=O) groups is 1. The molecule has 7 nitrogen and oxygen atoms in total. The van der Waals surface area contributed by atoms with Crippen LogP contribution in [0.3, 0.4) is 0 Å². The minimum atomic E-state index is -3.40. The fraction of sp³-hybridized carbons (Fsp3) is 0.200. The molecule has 0 atom stereocenters. The summed E-state index contributed by atoms with van der Waals surface area (Å²) >= 11 is 0. The van der Waals surface area contributed by atoms with Crippen LogP contribution in [-0.4, -0.2) is 29.9 Å². The van der Waals surface area contributed by atoms with Crippen molar-refractivity contribution in [1.82, 2.24) is 14.7 Å². The van der Waals surface area contributed by atoms with Crippen LogP contribution in [-0.2, 0) is 23.1 Å². The maximum Gasteiger partial charge on any atom is 0.265 e. The molecule has 23 heavy (non-hydrogen) atoms. The molecule has 0 radical (unpaired) electrons. The average Bonchev–Trinajstić information content (AvgIpc) is 2.54. The topological polar surface area (TPSA) is 105 Å². The Morgan fingerprint density at radius 1 is 1.17 bits per heavy atom. The summed E-state index contributed by atoms with van der Waals surface area (Å²) in [6.07, 6.45) is 2.78. The molecule has 0 aliphatic carbocycles. The van der Waals surface area contributed by atoms with E-state index < -0.39 is 15.9 Å². The number of aromatic nitrogens is 1. The lowest BCUT2D eigenvalue weighted by Crippen LogP contribution is -2.30. The van der Waals surface area contributed by atoms with Gasteiger partial charge in [0.05, 0.1) is 18.5 Å². The first kappa shape index (κ1) is 17.1. The van der Waals surface area contributed by atoms with Gasteiger partial charge in [0.2, 0.25) is 10.0 Å². The second-order valence-electron chi connectivity index (χ2n) is 5.02. The number of benzene rings is 1. The predicted molar refractivity (Wildman–Crippen MR) is 86.4 cm³/mol. The Kier molecular flexibility index (Phi) is 5.43. The average molecular weight is 334 g/mol. The SMILES string of the molecule is CS(=O)(=O)N(Cc1ccc(C(=O)NN)cc1)Cc1ccccn1. The first-order valence-corrected chi connectivity index (χ1v) is 8.70. The van der Waals surface area contributed by atoms with E-state index in [1.807, 2.05) is 11.5 Å². The van der Waals surface area contributed by atoms with Gasteiger partial charge in [-0.2, -0.15) is 4.31 Å². The molecule has 2 rings (SSSR count). The summed E-state index contributed by atoms with van der Waals surface area (Å²) in [7, 11) is -3.40. The number of rotatable bonds is 6. The van der Waals surface area contributed by atoms with E-state index in [4.69, 9.17) is 5.84 Å². The molecule has 1 aromatic carbocycles. The highest BCUT2D eigenvalue weighted by Gasteiger charge is 2.18. The molecule has 0 fully saturated rings. The van der Waals surface area contributed by atoms with E-state index in [2.05, 4.69) is 4.98 Å². The van der Waals surface area contributed by atoms with E-state index in [-0.39, 0.29) is 13.1 Å². The Labute approximate surface area is 135 Å². The van der Waals surface area contributed by atoms with Crippen LogP contribution in [0.1, 0.15) is 21.6 Å². The monoisotopic (exact) mass is 334 g/mol. The highest BCUT2D eigenvalue weighted by molar-refractivity contribution is 7.88. The van der Waals surface area contributed by atoms with Crippen molar-refractivity contribution in [2.45, 2.75) is 13.1 Å². The number of hydrogen-bond donors (Lipinski definition) is 2. The van der Waals surface area contributed by atoms with E-state index in [9.17, 15) is 13.2 Å². The van der Waals surface area contributed by atoms with Crippen molar-refractivity contribution in [3.8, 4) is 0 Å². The third kappa shape index (κ3) is 4.85. The number of carbonyl (C=O) groups excluding carboxylic acids is 1. The number of amides is 1. The number of nitrogens with two attached hydrogens (primary N) is 1. The van der Waals surface area contributed by atoms with Gasteiger partial charge < -0.3 is 0 Å². The molecule has 3 N–H and O–H groups in total. The maximum atomic E-state index is 12.0. The molecule has 1 heterocycles. The minimum Gasteiger partial charge on any atom is -0.290 e. The Hall–Kier alpha value is -2.29. The third-order valence-corrected chi connectivity index (χ3v) is 4.44. The zero-order valence-corrected chi connectivity index (χ0v) is 13.5. The molecule has 0 saturated carbocycles. The van der Waals surface area contributed by atoms with Crippen LogP contribution in [0.4, 0.5) is 0 Å². The van der Waals surface area contributed by atoms with E-state index in [0.29, 0.717) is 11.3 Å². The molecule has 0 unspecified atom stereocenters. The van der Waals surface area contributed by atoms with E-state index in [0.717, 1.165) is 11.8 Å². The second kappa shape index (κ2) is 7.32. The lowest BCUT2D eigenvalue weighted by molar-refractivity contribution is 0.0953. The largest absolute Gasteiger partial charge is 0.290 e. The van der Waals surface area contributed by atoms with Gasteiger partial charge in [-0.3, -0.25) is 15.2 Å². The smallest absolute Gasteiger partial charge is 0.265 e. The fourth-order valence-corrected chi connectivity index (χ4v) is 2.76. The molecular weight excluding hydrogens is 316 g/mol. The maximum absolute atomic E-state index is 12.0. The van der Waals surface area contributed by atoms with Crippen LogP contribution in [0.15, 0.2) is 48.7 Å². The summed E-state index contributed by atoms with van der Waals surface area (Å²) in [4.78, 5) is 15.5. The first-order valence-electron chi connectivity index (χ1n) is 6.85. The van der Waals surface area contributed by atoms with Gasteiger partial charge in [-0.1, -0.05) is 18.2 Å². The van der Waals surface area contributed by atoms with Crippen molar-refractivity contribution in [3.63, 3.8) is 0 Å². The Bertz CT molecular complexity index is 761. The predicted octanol–water partition coefficient (Wildman–Crippen LogP) is 0.647. The number of hydrogen-bond acceptors (Lipinski definition) is 5. The number of sulfonamides is 1. The van der Waals surface area contributed by atoms with Crippen LogP contribution in [0.25, 0.3) is 0 Å². The molecule has 0 aliphatic rings. The van der Waals surface area contributed by atoms with Crippen molar-refractivity contribution >= 4 is 15.9 Å².